The molecule has 0 radical (unpaired) electrons. The first-order chi connectivity index (χ1) is 8.22. The Morgan fingerprint density at radius 2 is 2.12 bits per heavy atom. The second-order valence-electron chi connectivity index (χ2n) is 3.99. The smallest absolute Gasteiger partial charge is 0.132 e. The number of likely N-dealkylation sites (N-methyl/N-ethyl adjacent to an activating group) is 1. The summed E-state index contributed by atoms with van der Waals surface area (Å²) in [6, 6.07) is 6.71. The lowest BCUT2D eigenvalue weighted by Gasteiger charge is -1.99. The highest BCUT2D eigenvalue weighted by atomic mass is 19.1. The van der Waals surface area contributed by atoms with E-state index in [2.05, 4.69) is 15.3 Å². The fourth-order valence-electron chi connectivity index (χ4n) is 1.80. The summed E-state index contributed by atoms with van der Waals surface area (Å²) in [7, 11) is 1.90. The highest BCUT2D eigenvalue weighted by molar-refractivity contribution is 5.62. The fourth-order valence-corrected chi connectivity index (χ4v) is 1.80. The predicted molar refractivity (Wildman–Crippen MR) is 66.3 cm³/mol. The molecule has 0 aliphatic heterocycles. The summed E-state index contributed by atoms with van der Waals surface area (Å²) in [5, 5.41) is 3.06. The molecule has 2 N–H and O–H groups in total. The molecule has 0 aliphatic carbocycles. The minimum atomic E-state index is -0.234. The van der Waals surface area contributed by atoms with Crippen molar-refractivity contribution in [3.63, 3.8) is 0 Å². The van der Waals surface area contributed by atoms with Crippen LogP contribution in [0.15, 0.2) is 24.3 Å². The van der Waals surface area contributed by atoms with Gasteiger partial charge in [-0.15, -0.1) is 0 Å². The predicted octanol–water partition coefficient (Wildman–Crippen LogP) is 2.29. The zero-order valence-corrected chi connectivity index (χ0v) is 10.0. The Morgan fingerprint density at radius 1 is 1.35 bits per heavy atom. The molecule has 1 aromatic heterocycles. The number of rotatable bonds is 4. The standard InChI is InChI=1S/C13H16FN3/c1-9-13(10-5-3-4-6-11(10)14)17-12(16-9)7-8-15-2/h3-6,15H,7-8H2,1-2H3,(H,16,17). The highest BCUT2D eigenvalue weighted by Crippen LogP contribution is 2.23. The second-order valence-corrected chi connectivity index (χ2v) is 3.99. The SMILES string of the molecule is CNCCc1nc(-c2ccccc2F)c(C)[nH]1. The molecule has 0 spiro atoms. The van der Waals surface area contributed by atoms with Gasteiger partial charge in [-0.1, -0.05) is 12.1 Å². The molecule has 1 aromatic carbocycles. The molecule has 0 saturated heterocycles. The number of nitrogens with one attached hydrogen (secondary N) is 2. The Bertz CT molecular complexity index is 505. The molecule has 17 heavy (non-hydrogen) atoms. The van der Waals surface area contributed by atoms with Gasteiger partial charge in [-0.2, -0.15) is 0 Å². The van der Waals surface area contributed by atoms with Crippen molar-refractivity contribution in [2.75, 3.05) is 13.6 Å². The Hall–Kier alpha value is -1.68. The Balaban J connectivity index is 2.33. The number of nitrogens with zero attached hydrogens (tertiary/aromatic N) is 1. The van der Waals surface area contributed by atoms with Crippen molar-refractivity contribution in [3.8, 4) is 11.3 Å². The van der Waals surface area contributed by atoms with E-state index in [0.717, 1.165) is 24.5 Å². The molecule has 2 aromatic rings. The number of hydrogen-bond donors (Lipinski definition) is 2. The average Bonchev–Trinajstić information content (AvgIpc) is 2.68. The van der Waals surface area contributed by atoms with Crippen molar-refractivity contribution >= 4 is 0 Å². The molecule has 0 bridgehead atoms. The van der Waals surface area contributed by atoms with Gasteiger partial charge >= 0.3 is 0 Å². The van der Waals surface area contributed by atoms with Crippen molar-refractivity contribution in [3.05, 3.63) is 41.6 Å². The first-order valence-electron chi connectivity index (χ1n) is 5.67. The number of H-pyrrole nitrogens is 1. The molecule has 0 atom stereocenters. The fraction of sp³-hybridized carbons (Fsp3) is 0.308. The maximum Gasteiger partial charge on any atom is 0.132 e. The van der Waals surface area contributed by atoms with Gasteiger partial charge in [0, 0.05) is 24.2 Å². The summed E-state index contributed by atoms with van der Waals surface area (Å²) in [5.74, 6) is 0.650. The number of aryl methyl sites for hydroxylation is 1. The summed E-state index contributed by atoms with van der Waals surface area (Å²) in [6.07, 6.45) is 0.811. The second kappa shape index (κ2) is 5.10. The molecule has 0 aliphatic rings. The van der Waals surface area contributed by atoms with Gasteiger partial charge in [-0.25, -0.2) is 9.37 Å². The van der Waals surface area contributed by atoms with E-state index in [9.17, 15) is 4.39 Å². The third-order valence-corrected chi connectivity index (χ3v) is 2.67. The number of aromatic amines is 1. The van der Waals surface area contributed by atoms with Crippen LogP contribution in [-0.2, 0) is 6.42 Å². The van der Waals surface area contributed by atoms with Crippen LogP contribution in [0.3, 0.4) is 0 Å². The molecule has 4 heteroatoms. The molecular weight excluding hydrogens is 217 g/mol. The van der Waals surface area contributed by atoms with Gasteiger partial charge in [0.1, 0.15) is 11.6 Å². The number of benzene rings is 1. The van der Waals surface area contributed by atoms with Crippen LogP contribution in [0.5, 0.6) is 0 Å². The van der Waals surface area contributed by atoms with Crippen molar-refractivity contribution in [2.45, 2.75) is 13.3 Å². The molecule has 3 nitrogen and oxygen atoms in total. The van der Waals surface area contributed by atoms with Crippen LogP contribution in [-0.4, -0.2) is 23.6 Å². The zero-order chi connectivity index (χ0) is 12.3. The number of imidazole rings is 1. The van der Waals surface area contributed by atoms with Gasteiger partial charge in [-0.05, 0) is 26.1 Å². The van der Waals surface area contributed by atoms with Gasteiger partial charge in [0.15, 0.2) is 0 Å². The van der Waals surface area contributed by atoms with Crippen LogP contribution < -0.4 is 5.32 Å². The summed E-state index contributed by atoms with van der Waals surface area (Å²) < 4.78 is 13.7. The minimum Gasteiger partial charge on any atom is -0.346 e. The lowest BCUT2D eigenvalue weighted by molar-refractivity contribution is 0.630. The number of hydrogen-bond acceptors (Lipinski definition) is 2. The van der Waals surface area contributed by atoms with Gasteiger partial charge in [0.2, 0.25) is 0 Å². The summed E-state index contributed by atoms with van der Waals surface area (Å²) in [5.41, 5.74) is 2.16. The molecule has 1 heterocycles. The lowest BCUT2D eigenvalue weighted by Crippen LogP contribution is -2.11. The maximum absolute atomic E-state index is 13.7. The van der Waals surface area contributed by atoms with Gasteiger partial charge in [0.05, 0.1) is 5.69 Å². The van der Waals surface area contributed by atoms with Crippen molar-refractivity contribution in [2.24, 2.45) is 0 Å². The van der Waals surface area contributed by atoms with Crippen molar-refractivity contribution in [1.29, 1.82) is 0 Å². The Kier molecular flexibility index (Phi) is 3.54. The topological polar surface area (TPSA) is 40.7 Å². The number of aromatic nitrogens is 2. The monoisotopic (exact) mass is 233 g/mol. The van der Waals surface area contributed by atoms with Crippen LogP contribution in [0.4, 0.5) is 4.39 Å². The van der Waals surface area contributed by atoms with E-state index in [4.69, 9.17) is 0 Å². The average molecular weight is 233 g/mol. The highest BCUT2D eigenvalue weighted by Gasteiger charge is 2.11. The third-order valence-electron chi connectivity index (χ3n) is 2.67. The van der Waals surface area contributed by atoms with E-state index >= 15 is 0 Å². The quantitative estimate of drug-likeness (QED) is 0.850. The van der Waals surface area contributed by atoms with Crippen LogP contribution in [0.2, 0.25) is 0 Å². The van der Waals surface area contributed by atoms with Crippen molar-refractivity contribution in [1.82, 2.24) is 15.3 Å². The summed E-state index contributed by atoms with van der Waals surface area (Å²) >= 11 is 0. The van der Waals surface area contributed by atoms with E-state index in [-0.39, 0.29) is 5.82 Å². The van der Waals surface area contributed by atoms with Gasteiger partial charge in [-0.3, -0.25) is 0 Å². The van der Waals surface area contributed by atoms with Crippen LogP contribution in [0.25, 0.3) is 11.3 Å². The van der Waals surface area contributed by atoms with Gasteiger partial charge < -0.3 is 10.3 Å². The molecular formula is C13H16FN3. The molecule has 90 valence electrons. The lowest BCUT2D eigenvalue weighted by atomic mass is 10.1. The van der Waals surface area contributed by atoms with Crippen LogP contribution in [0.1, 0.15) is 11.5 Å². The minimum absolute atomic E-state index is 0.234. The van der Waals surface area contributed by atoms with Crippen molar-refractivity contribution < 1.29 is 4.39 Å². The Morgan fingerprint density at radius 3 is 2.82 bits per heavy atom. The first-order valence-corrected chi connectivity index (χ1v) is 5.67. The summed E-state index contributed by atoms with van der Waals surface area (Å²) in [6.45, 7) is 2.77. The summed E-state index contributed by atoms with van der Waals surface area (Å²) in [4.78, 5) is 7.63. The number of halogens is 1. The maximum atomic E-state index is 13.7. The molecule has 0 fully saturated rings. The van der Waals surface area contributed by atoms with Crippen LogP contribution in [0, 0.1) is 12.7 Å². The molecule has 0 unspecified atom stereocenters. The van der Waals surface area contributed by atoms with E-state index in [1.54, 1.807) is 12.1 Å². The van der Waals surface area contributed by atoms with E-state index < -0.39 is 0 Å². The molecule has 0 saturated carbocycles. The molecule has 0 amide bonds. The Labute approximate surface area is 100 Å². The van der Waals surface area contributed by atoms with E-state index in [0.29, 0.717) is 11.3 Å². The van der Waals surface area contributed by atoms with Gasteiger partial charge in [0.25, 0.3) is 0 Å². The largest absolute Gasteiger partial charge is 0.346 e. The van der Waals surface area contributed by atoms with Crippen LogP contribution >= 0.6 is 0 Å². The van der Waals surface area contributed by atoms with E-state index in [1.807, 2.05) is 20.0 Å². The molecule has 2 rings (SSSR count). The van der Waals surface area contributed by atoms with E-state index in [1.165, 1.54) is 6.07 Å². The zero-order valence-electron chi connectivity index (χ0n) is 10.0. The first kappa shape index (κ1) is 11.8. The normalized spacial score (nSPS) is 10.8. The third kappa shape index (κ3) is 2.53.